The fourth-order valence-electron chi connectivity index (χ4n) is 1.86. The summed E-state index contributed by atoms with van der Waals surface area (Å²) in [5.41, 5.74) is 0.163. The second-order valence-corrected chi connectivity index (χ2v) is 4.63. The van der Waals surface area contributed by atoms with Crippen LogP contribution in [-0.2, 0) is 11.8 Å². The number of nitrogens with zero attached hydrogens (tertiary/aromatic N) is 3. The topological polar surface area (TPSA) is 106 Å². The first kappa shape index (κ1) is 15.7. The van der Waals surface area contributed by atoms with Crippen molar-refractivity contribution in [3.63, 3.8) is 0 Å². The van der Waals surface area contributed by atoms with Crippen LogP contribution in [0.1, 0.15) is 30.8 Å². The van der Waals surface area contributed by atoms with E-state index in [4.69, 9.17) is 5.11 Å². The predicted molar refractivity (Wildman–Crippen MR) is 70.5 cm³/mol. The van der Waals surface area contributed by atoms with Gasteiger partial charge < -0.3 is 20.1 Å². The molecule has 1 heterocycles. The molecule has 0 saturated heterocycles. The Kier molecular flexibility index (Phi) is 4.84. The van der Waals surface area contributed by atoms with Gasteiger partial charge >= 0.3 is 11.8 Å². The Bertz CT molecular complexity index is 535. The largest absolute Gasteiger partial charge is 0.481 e. The molecule has 1 aromatic rings. The molecule has 0 atom stereocenters. The van der Waals surface area contributed by atoms with Gasteiger partial charge in [0.1, 0.15) is 0 Å². The van der Waals surface area contributed by atoms with Crippen molar-refractivity contribution >= 4 is 17.7 Å². The number of rotatable bonds is 6. The van der Waals surface area contributed by atoms with E-state index in [9.17, 15) is 19.7 Å². The lowest BCUT2D eigenvalue weighted by molar-refractivity contribution is -0.391. The average Bonchev–Trinajstić information content (AvgIpc) is 2.70. The normalized spacial score (nSPS) is 10.6. The molecular formula is C12H17N3O5. The van der Waals surface area contributed by atoms with E-state index in [-0.39, 0.29) is 30.5 Å². The maximum Gasteiger partial charge on any atom is 0.323 e. The molecule has 0 fully saturated rings. The smallest absolute Gasteiger partial charge is 0.323 e. The Hall–Kier alpha value is -2.38. The van der Waals surface area contributed by atoms with Crippen molar-refractivity contribution in [2.45, 2.75) is 26.3 Å². The van der Waals surface area contributed by atoms with Crippen LogP contribution in [0.4, 0.5) is 5.82 Å². The first-order valence-corrected chi connectivity index (χ1v) is 6.08. The fraction of sp³-hybridized carbons (Fsp3) is 0.500. The van der Waals surface area contributed by atoms with Crippen LogP contribution in [0, 0.1) is 10.1 Å². The number of carboxylic acids is 1. The molecule has 0 aliphatic heterocycles. The van der Waals surface area contributed by atoms with Gasteiger partial charge in [-0.15, -0.1) is 0 Å². The molecule has 1 aromatic heterocycles. The summed E-state index contributed by atoms with van der Waals surface area (Å²) in [5.74, 6) is -1.60. The molecule has 0 radical (unpaired) electrons. The van der Waals surface area contributed by atoms with Crippen LogP contribution in [0.25, 0.3) is 0 Å². The van der Waals surface area contributed by atoms with Crippen molar-refractivity contribution < 1.29 is 19.6 Å². The van der Waals surface area contributed by atoms with Gasteiger partial charge in [0.05, 0.1) is 13.5 Å². The summed E-state index contributed by atoms with van der Waals surface area (Å²) in [7, 11) is 1.43. The van der Waals surface area contributed by atoms with E-state index in [1.807, 2.05) is 0 Å². The highest BCUT2D eigenvalue weighted by Gasteiger charge is 2.26. The maximum atomic E-state index is 12.3. The van der Waals surface area contributed by atoms with E-state index in [0.29, 0.717) is 0 Å². The van der Waals surface area contributed by atoms with Crippen LogP contribution in [0.2, 0.25) is 0 Å². The summed E-state index contributed by atoms with van der Waals surface area (Å²) in [5, 5.41) is 19.5. The first-order valence-electron chi connectivity index (χ1n) is 6.08. The van der Waals surface area contributed by atoms with E-state index in [1.54, 1.807) is 13.8 Å². The summed E-state index contributed by atoms with van der Waals surface area (Å²) in [6.07, 6.45) is -0.170. The molecule has 0 spiro atoms. The van der Waals surface area contributed by atoms with Crippen LogP contribution in [0.5, 0.6) is 0 Å². The van der Waals surface area contributed by atoms with Crippen molar-refractivity contribution in [3.05, 3.63) is 27.9 Å². The molecule has 0 aliphatic carbocycles. The molecule has 8 heteroatoms. The molecule has 20 heavy (non-hydrogen) atoms. The SMILES string of the molecule is CC(C)N(CCC(=O)O)C(=O)c1ccc([N+](=O)[O-])n1C. The fourth-order valence-corrected chi connectivity index (χ4v) is 1.86. The van der Waals surface area contributed by atoms with Gasteiger partial charge in [-0.25, -0.2) is 4.57 Å². The third kappa shape index (κ3) is 3.34. The van der Waals surface area contributed by atoms with Gasteiger partial charge in [-0.2, -0.15) is 0 Å². The number of carbonyl (C=O) groups is 2. The molecule has 0 unspecified atom stereocenters. The molecule has 1 rings (SSSR count). The predicted octanol–water partition coefficient (Wildman–Crippen LogP) is 1.26. The molecular weight excluding hydrogens is 266 g/mol. The van der Waals surface area contributed by atoms with Gasteiger partial charge in [-0.05, 0) is 24.8 Å². The summed E-state index contributed by atoms with van der Waals surface area (Å²) in [6.45, 7) is 3.58. The van der Waals surface area contributed by atoms with Crippen LogP contribution in [-0.4, -0.2) is 44.0 Å². The lowest BCUT2D eigenvalue weighted by Crippen LogP contribution is -2.39. The van der Waals surface area contributed by atoms with E-state index in [1.165, 1.54) is 28.6 Å². The zero-order valence-electron chi connectivity index (χ0n) is 11.6. The molecule has 0 bridgehead atoms. The van der Waals surface area contributed by atoms with Crippen molar-refractivity contribution in [3.8, 4) is 0 Å². The number of aliphatic carboxylic acids is 1. The zero-order chi connectivity index (χ0) is 15.4. The Morgan fingerprint density at radius 3 is 2.45 bits per heavy atom. The minimum atomic E-state index is -0.999. The number of aromatic nitrogens is 1. The Morgan fingerprint density at radius 1 is 1.45 bits per heavy atom. The van der Waals surface area contributed by atoms with E-state index in [0.717, 1.165) is 0 Å². The molecule has 0 aliphatic rings. The highest BCUT2D eigenvalue weighted by molar-refractivity contribution is 5.93. The second kappa shape index (κ2) is 6.18. The Labute approximate surface area is 115 Å². The molecule has 0 saturated carbocycles. The average molecular weight is 283 g/mol. The maximum absolute atomic E-state index is 12.3. The number of carboxylic acid groups (broad SMARTS) is 1. The lowest BCUT2D eigenvalue weighted by atomic mass is 10.2. The van der Waals surface area contributed by atoms with Crippen LogP contribution in [0.3, 0.4) is 0 Å². The van der Waals surface area contributed by atoms with Crippen molar-refractivity contribution in [2.75, 3.05) is 6.54 Å². The van der Waals surface area contributed by atoms with Gasteiger partial charge in [0.15, 0.2) is 5.69 Å². The monoisotopic (exact) mass is 283 g/mol. The summed E-state index contributed by atoms with van der Waals surface area (Å²) in [4.78, 5) is 34.5. The van der Waals surface area contributed by atoms with Gasteiger partial charge in [-0.1, -0.05) is 0 Å². The summed E-state index contributed by atoms with van der Waals surface area (Å²) < 4.78 is 1.19. The minimum Gasteiger partial charge on any atom is -0.481 e. The highest BCUT2D eigenvalue weighted by atomic mass is 16.6. The molecule has 0 aromatic carbocycles. The number of carbonyl (C=O) groups excluding carboxylic acids is 1. The van der Waals surface area contributed by atoms with E-state index in [2.05, 4.69) is 0 Å². The zero-order valence-corrected chi connectivity index (χ0v) is 11.6. The van der Waals surface area contributed by atoms with Gasteiger partial charge in [0.25, 0.3) is 5.91 Å². The molecule has 8 nitrogen and oxygen atoms in total. The Balaban J connectivity index is 3.01. The third-order valence-electron chi connectivity index (χ3n) is 2.95. The van der Waals surface area contributed by atoms with Crippen LogP contribution >= 0.6 is 0 Å². The first-order chi connectivity index (χ1) is 9.25. The summed E-state index contributed by atoms with van der Waals surface area (Å²) >= 11 is 0. The lowest BCUT2D eigenvalue weighted by Gasteiger charge is -2.25. The minimum absolute atomic E-state index is 0.0603. The van der Waals surface area contributed by atoms with E-state index >= 15 is 0 Å². The van der Waals surface area contributed by atoms with Gasteiger partial charge in [-0.3, -0.25) is 9.59 Å². The van der Waals surface area contributed by atoms with Gasteiger partial charge in [0, 0.05) is 18.7 Å². The van der Waals surface area contributed by atoms with Crippen molar-refractivity contribution in [2.24, 2.45) is 7.05 Å². The molecule has 110 valence electrons. The quantitative estimate of drug-likeness (QED) is 0.625. The van der Waals surface area contributed by atoms with Crippen molar-refractivity contribution in [1.29, 1.82) is 0 Å². The second-order valence-electron chi connectivity index (χ2n) is 4.63. The highest BCUT2D eigenvalue weighted by Crippen LogP contribution is 2.17. The van der Waals surface area contributed by atoms with Crippen molar-refractivity contribution in [1.82, 2.24) is 9.47 Å². The summed E-state index contributed by atoms with van der Waals surface area (Å²) in [6, 6.07) is 2.43. The molecule has 1 amide bonds. The van der Waals surface area contributed by atoms with Crippen LogP contribution in [0.15, 0.2) is 12.1 Å². The number of hydrogen-bond acceptors (Lipinski definition) is 4. The van der Waals surface area contributed by atoms with Crippen LogP contribution < -0.4 is 0 Å². The van der Waals surface area contributed by atoms with Gasteiger partial charge in [0.2, 0.25) is 0 Å². The Morgan fingerprint density at radius 2 is 2.05 bits per heavy atom. The van der Waals surface area contributed by atoms with E-state index < -0.39 is 16.8 Å². The number of amides is 1. The standard InChI is InChI=1S/C12H17N3O5/c1-8(2)14(7-6-11(16)17)12(18)9-4-5-10(13(9)3)15(19)20/h4-5,8H,6-7H2,1-3H3,(H,16,17). The third-order valence-corrected chi connectivity index (χ3v) is 2.95. The molecule has 1 N–H and O–H groups in total. The number of nitro groups is 1. The number of hydrogen-bond donors (Lipinski definition) is 1.